The number of rotatable bonds is 3. The molecule has 2 N–H and O–H groups in total. The van der Waals surface area contributed by atoms with Crippen molar-refractivity contribution < 1.29 is 0 Å². The summed E-state index contributed by atoms with van der Waals surface area (Å²) in [6.45, 7) is 3.88. The Balaban J connectivity index is 2.38. The van der Waals surface area contributed by atoms with Crippen molar-refractivity contribution in [2.45, 2.75) is 26.3 Å². The van der Waals surface area contributed by atoms with Crippen LogP contribution in [0.25, 0.3) is 11.6 Å². The minimum atomic E-state index is 0.0776. The third-order valence-electron chi connectivity index (χ3n) is 2.20. The quantitative estimate of drug-likeness (QED) is 0.853. The largest absolute Gasteiger partial charge is 0.328 e. The van der Waals surface area contributed by atoms with E-state index in [0.717, 1.165) is 17.8 Å². The summed E-state index contributed by atoms with van der Waals surface area (Å²) in [6, 6.07) is 3.78. The Morgan fingerprint density at radius 1 is 1.18 bits per heavy atom. The first-order valence-corrected chi connectivity index (χ1v) is 5.52. The van der Waals surface area contributed by atoms with E-state index in [2.05, 4.69) is 19.9 Å². The van der Waals surface area contributed by atoms with E-state index in [1.165, 1.54) is 0 Å². The van der Waals surface area contributed by atoms with Gasteiger partial charge in [-0.25, -0.2) is 19.9 Å². The van der Waals surface area contributed by atoms with Crippen molar-refractivity contribution in [1.82, 2.24) is 19.9 Å². The van der Waals surface area contributed by atoms with Crippen molar-refractivity contribution in [2.75, 3.05) is 0 Å². The number of nitrogens with two attached hydrogens (primary N) is 1. The molecular formula is C12H15N5. The highest BCUT2D eigenvalue weighted by atomic mass is 15.0. The molecule has 0 amide bonds. The van der Waals surface area contributed by atoms with E-state index < -0.39 is 0 Å². The van der Waals surface area contributed by atoms with Crippen LogP contribution in [0.2, 0.25) is 0 Å². The predicted molar refractivity (Wildman–Crippen MR) is 65.1 cm³/mol. The highest BCUT2D eigenvalue weighted by molar-refractivity contribution is 5.42. The van der Waals surface area contributed by atoms with Crippen molar-refractivity contribution in [3.05, 3.63) is 35.9 Å². The van der Waals surface area contributed by atoms with Crippen LogP contribution in [-0.2, 0) is 6.42 Å². The molecule has 0 bridgehead atoms. The van der Waals surface area contributed by atoms with Gasteiger partial charge in [-0.05, 0) is 26.0 Å². The average Bonchev–Trinajstić information content (AvgIpc) is 2.28. The van der Waals surface area contributed by atoms with Gasteiger partial charge in [-0.2, -0.15) is 0 Å². The smallest absolute Gasteiger partial charge is 0.198 e. The molecule has 0 aromatic carbocycles. The minimum Gasteiger partial charge on any atom is -0.328 e. The first-order valence-electron chi connectivity index (χ1n) is 5.52. The van der Waals surface area contributed by atoms with Crippen LogP contribution < -0.4 is 5.73 Å². The molecule has 2 aromatic rings. The first-order chi connectivity index (χ1) is 8.15. The Hall–Kier alpha value is -1.88. The molecule has 1 atom stereocenters. The highest BCUT2D eigenvalue weighted by Crippen LogP contribution is 2.11. The predicted octanol–water partition coefficient (Wildman–Crippen LogP) is 1.13. The number of hydrogen-bond acceptors (Lipinski definition) is 5. The summed E-state index contributed by atoms with van der Waals surface area (Å²) in [5, 5.41) is 0. The third-order valence-corrected chi connectivity index (χ3v) is 2.20. The second-order valence-corrected chi connectivity index (χ2v) is 4.08. The fraction of sp³-hybridized carbons (Fsp3) is 0.333. The molecule has 0 aliphatic heterocycles. The lowest BCUT2D eigenvalue weighted by atomic mass is 10.2. The molecule has 0 aliphatic carbocycles. The molecule has 17 heavy (non-hydrogen) atoms. The SMILES string of the molecule is Cc1cc(CC(C)N)nc(-c2ncccn2)n1. The molecule has 0 saturated carbocycles. The van der Waals surface area contributed by atoms with Crippen LogP contribution in [0.15, 0.2) is 24.5 Å². The number of hydrogen-bond donors (Lipinski definition) is 1. The molecule has 2 rings (SSSR count). The van der Waals surface area contributed by atoms with Crippen molar-refractivity contribution in [3.8, 4) is 11.6 Å². The van der Waals surface area contributed by atoms with Crippen molar-refractivity contribution in [1.29, 1.82) is 0 Å². The molecule has 0 radical (unpaired) electrons. The van der Waals surface area contributed by atoms with E-state index in [9.17, 15) is 0 Å². The summed E-state index contributed by atoms with van der Waals surface area (Å²) in [4.78, 5) is 17.0. The van der Waals surface area contributed by atoms with Crippen molar-refractivity contribution in [3.63, 3.8) is 0 Å². The summed E-state index contributed by atoms with van der Waals surface area (Å²) in [5.74, 6) is 1.10. The summed E-state index contributed by atoms with van der Waals surface area (Å²) < 4.78 is 0. The second-order valence-electron chi connectivity index (χ2n) is 4.08. The van der Waals surface area contributed by atoms with Gasteiger partial charge >= 0.3 is 0 Å². The third kappa shape index (κ3) is 3.04. The van der Waals surface area contributed by atoms with Crippen LogP contribution >= 0.6 is 0 Å². The second kappa shape index (κ2) is 4.97. The zero-order chi connectivity index (χ0) is 12.3. The van der Waals surface area contributed by atoms with Crippen LogP contribution in [0.5, 0.6) is 0 Å². The molecule has 88 valence electrons. The number of aryl methyl sites for hydroxylation is 1. The first kappa shape index (κ1) is 11.6. The van der Waals surface area contributed by atoms with Crippen LogP contribution in [-0.4, -0.2) is 26.0 Å². The van der Waals surface area contributed by atoms with Gasteiger partial charge in [0.1, 0.15) is 0 Å². The van der Waals surface area contributed by atoms with Crippen molar-refractivity contribution in [2.24, 2.45) is 5.73 Å². The Labute approximate surface area is 100 Å². The van der Waals surface area contributed by atoms with Gasteiger partial charge in [0.15, 0.2) is 11.6 Å². The van der Waals surface area contributed by atoms with Gasteiger partial charge in [0.2, 0.25) is 0 Å². The van der Waals surface area contributed by atoms with Crippen LogP contribution in [0, 0.1) is 6.92 Å². The molecule has 0 spiro atoms. The summed E-state index contributed by atoms with van der Waals surface area (Å²) in [7, 11) is 0. The molecule has 5 heteroatoms. The lowest BCUT2D eigenvalue weighted by Crippen LogP contribution is -2.19. The molecule has 5 nitrogen and oxygen atoms in total. The number of aromatic nitrogens is 4. The minimum absolute atomic E-state index is 0.0776. The Morgan fingerprint density at radius 2 is 1.88 bits per heavy atom. The van der Waals surface area contributed by atoms with E-state index in [1.54, 1.807) is 18.5 Å². The van der Waals surface area contributed by atoms with Gasteiger partial charge in [-0.1, -0.05) is 0 Å². The van der Waals surface area contributed by atoms with E-state index in [4.69, 9.17) is 5.73 Å². The van der Waals surface area contributed by atoms with Crippen LogP contribution in [0.3, 0.4) is 0 Å². The normalized spacial score (nSPS) is 12.4. The monoisotopic (exact) mass is 229 g/mol. The van der Waals surface area contributed by atoms with Gasteiger partial charge in [0, 0.05) is 36.2 Å². The van der Waals surface area contributed by atoms with Crippen LogP contribution in [0.1, 0.15) is 18.3 Å². The molecule has 0 aliphatic rings. The highest BCUT2D eigenvalue weighted by Gasteiger charge is 2.08. The average molecular weight is 229 g/mol. The molecule has 1 unspecified atom stereocenters. The topological polar surface area (TPSA) is 77.6 Å². The van der Waals surface area contributed by atoms with E-state index in [0.29, 0.717) is 11.6 Å². The van der Waals surface area contributed by atoms with Gasteiger partial charge < -0.3 is 5.73 Å². The fourth-order valence-corrected chi connectivity index (χ4v) is 1.58. The zero-order valence-corrected chi connectivity index (χ0v) is 9.96. The van der Waals surface area contributed by atoms with E-state index in [1.807, 2.05) is 19.9 Å². The fourth-order valence-electron chi connectivity index (χ4n) is 1.58. The standard InChI is InChI=1S/C12H15N5/c1-8(13)6-10-7-9(2)16-12(17-10)11-14-4-3-5-15-11/h3-5,7-8H,6,13H2,1-2H3. The van der Waals surface area contributed by atoms with Crippen LogP contribution in [0.4, 0.5) is 0 Å². The molecule has 0 fully saturated rings. The maximum atomic E-state index is 5.77. The Morgan fingerprint density at radius 3 is 2.53 bits per heavy atom. The van der Waals surface area contributed by atoms with Gasteiger partial charge in [0.25, 0.3) is 0 Å². The molecule has 0 saturated heterocycles. The Kier molecular flexibility index (Phi) is 3.39. The summed E-state index contributed by atoms with van der Waals surface area (Å²) in [5.41, 5.74) is 7.60. The summed E-state index contributed by atoms with van der Waals surface area (Å²) >= 11 is 0. The van der Waals surface area contributed by atoms with Gasteiger partial charge in [-0.15, -0.1) is 0 Å². The van der Waals surface area contributed by atoms with Gasteiger partial charge in [-0.3, -0.25) is 0 Å². The van der Waals surface area contributed by atoms with E-state index in [-0.39, 0.29) is 6.04 Å². The maximum Gasteiger partial charge on any atom is 0.198 e. The summed E-state index contributed by atoms with van der Waals surface area (Å²) in [6.07, 6.45) is 4.09. The zero-order valence-electron chi connectivity index (χ0n) is 9.96. The molecule has 2 heterocycles. The van der Waals surface area contributed by atoms with E-state index >= 15 is 0 Å². The molecule has 2 aromatic heterocycles. The lowest BCUT2D eigenvalue weighted by molar-refractivity contribution is 0.718. The number of nitrogens with zero attached hydrogens (tertiary/aromatic N) is 4. The Bertz CT molecular complexity index is 496. The lowest BCUT2D eigenvalue weighted by Gasteiger charge is -2.07. The van der Waals surface area contributed by atoms with Gasteiger partial charge in [0.05, 0.1) is 0 Å². The molecular weight excluding hydrogens is 214 g/mol. The van der Waals surface area contributed by atoms with Crippen molar-refractivity contribution >= 4 is 0 Å². The maximum absolute atomic E-state index is 5.77.